The van der Waals surface area contributed by atoms with E-state index in [1.165, 1.54) is 7.11 Å². The Balaban J connectivity index is 2.00. The van der Waals surface area contributed by atoms with Crippen LogP contribution in [0.4, 0.5) is 5.69 Å². The lowest BCUT2D eigenvalue weighted by Crippen LogP contribution is -2.19. The minimum atomic E-state index is -0.198. The third-order valence-corrected chi connectivity index (χ3v) is 4.74. The van der Waals surface area contributed by atoms with Crippen LogP contribution in [0.1, 0.15) is 11.3 Å². The minimum Gasteiger partial charge on any atom is -0.493 e. The van der Waals surface area contributed by atoms with Crippen molar-refractivity contribution in [2.75, 3.05) is 13.7 Å². The number of benzene rings is 2. The van der Waals surface area contributed by atoms with Gasteiger partial charge in [-0.3, -0.25) is 9.48 Å². The highest BCUT2D eigenvalue weighted by Gasteiger charge is 2.15. The first-order valence-corrected chi connectivity index (χ1v) is 9.35. The van der Waals surface area contributed by atoms with Crippen LogP contribution in [0, 0.1) is 6.92 Å². The van der Waals surface area contributed by atoms with Crippen molar-refractivity contribution >= 4 is 23.5 Å². The standard InChI is InChI=1S/C22H22ClN3O3/c1-5-11-29-21-18(23)12-16(13-19(21)28-4)14-24-20-15(2)25(3)26(22(20)27)17-9-7-6-8-10-17/h5-10,12-14H,1,11H2,2-4H3. The van der Waals surface area contributed by atoms with E-state index in [1.54, 1.807) is 33.8 Å². The minimum absolute atomic E-state index is 0.198. The summed E-state index contributed by atoms with van der Waals surface area (Å²) in [7, 11) is 3.36. The molecule has 0 saturated heterocycles. The summed E-state index contributed by atoms with van der Waals surface area (Å²) in [4.78, 5) is 17.4. The Bertz CT molecular complexity index is 1110. The average Bonchev–Trinajstić information content (AvgIpc) is 2.94. The van der Waals surface area contributed by atoms with Crippen LogP contribution in [0.2, 0.25) is 5.02 Å². The molecule has 0 aliphatic carbocycles. The molecular formula is C22H22ClN3O3. The lowest BCUT2D eigenvalue weighted by molar-refractivity contribution is 0.326. The van der Waals surface area contributed by atoms with E-state index in [-0.39, 0.29) is 5.56 Å². The highest BCUT2D eigenvalue weighted by molar-refractivity contribution is 6.32. The zero-order chi connectivity index (χ0) is 21.0. The summed E-state index contributed by atoms with van der Waals surface area (Å²) in [5.74, 6) is 0.917. The molecule has 0 aliphatic rings. The first-order chi connectivity index (χ1) is 14.0. The van der Waals surface area contributed by atoms with Gasteiger partial charge in [-0.15, -0.1) is 0 Å². The molecule has 0 bridgehead atoms. The number of hydrogen-bond donors (Lipinski definition) is 0. The predicted octanol–water partition coefficient (Wildman–Crippen LogP) is 4.46. The Morgan fingerprint density at radius 1 is 1.24 bits per heavy atom. The number of aromatic nitrogens is 2. The zero-order valence-electron chi connectivity index (χ0n) is 16.6. The van der Waals surface area contributed by atoms with Crippen molar-refractivity contribution in [3.05, 3.63) is 81.8 Å². The summed E-state index contributed by atoms with van der Waals surface area (Å²) in [6.07, 6.45) is 3.21. The molecule has 1 heterocycles. The number of nitrogens with zero attached hydrogens (tertiary/aromatic N) is 3. The smallest absolute Gasteiger partial charge is 0.297 e. The molecule has 7 heteroatoms. The van der Waals surface area contributed by atoms with E-state index in [4.69, 9.17) is 21.1 Å². The summed E-state index contributed by atoms with van der Waals surface area (Å²) in [5, 5.41) is 0.388. The van der Waals surface area contributed by atoms with Gasteiger partial charge in [-0.25, -0.2) is 9.67 Å². The van der Waals surface area contributed by atoms with Crippen molar-refractivity contribution in [2.45, 2.75) is 6.92 Å². The van der Waals surface area contributed by atoms with Gasteiger partial charge in [-0.05, 0) is 36.8 Å². The van der Waals surface area contributed by atoms with Gasteiger partial charge >= 0.3 is 0 Å². The van der Waals surface area contributed by atoms with Crippen LogP contribution in [0.3, 0.4) is 0 Å². The summed E-state index contributed by atoms with van der Waals surface area (Å²) in [6.45, 7) is 5.79. The number of aliphatic imine (C=N–C) groups is 1. The largest absolute Gasteiger partial charge is 0.493 e. The van der Waals surface area contributed by atoms with Gasteiger partial charge in [0, 0.05) is 13.3 Å². The predicted molar refractivity (Wildman–Crippen MR) is 117 cm³/mol. The molecule has 150 valence electrons. The van der Waals surface area contributed by atoms with Gasteiger partial charge in [-0.1, -0.05) is 42.5 Å². The van der Waals surface area contributed by atoms with Crippen molar-refractivity contribution in [3.8, 4) is 17.2 Å². The molecule has 0 radical (unpaired) electrons. The Labute approximate surface area is 174 Å². The first kappa shape index (κ1) is 20.5. The maximum Gasteiger partial charge on any atom is 0.297 e. The van der Waals surface area contributed by atoms with E-state index in [0.717, 1.165) is 11.4 Å². The fourth-order valence-corrected chi connectivity index (χ4v) is 3.21. The molecule has 2 aromatic carbocycles. The van der Waals surface area contributed by atoms with E-state index >= 15 is 0 Å². The molecule has 3 rings (SSSR count). The van der Waals surface area contributed by atoms with Crippen molar-refractivity contribution < 1.29 is 9.47 Å². The van der Waals surface area contributed by atoms with E-state index in [9.17, 15) is 4.79 Å². The van der Waals surface area contributed by atoms with Crippen LogP contribution in [0.5, 0.6) is 11.5 Å². The molecule has 0 saturated carbocycles. The van der Waals surface area contributed by atoms with Crippen LogP contribution >= 0.6 is 11.6 Å². The molecule has 0 unspecified atom stereocenters. The molecular weight excluding hydrogens is 390 g/mol. The second-order valence-electron chi connectivity index (χ2n) is 6.30. The van der Waals surface area contributed by atoms with Crippen molar-refractivity contribution in [3.63, 3.8) is 0 Å². The van der Waals surface area contributed by atoms with Gasteiger partial charge in [0.25, 0.3) is 5.56 Å². The maximum absolute atomic E-state index is 12.9. The fraction of sp³-hybridized carbons (Fsp3) is 0.182. The van der Waals surface area contributed by atoms with Gasteiger partial charge in [0.1, 0.15) is 6.61 Å². The van der Waals surface area contributed by atoms with Crippen molar-refractivity contribution in [2.24, 2.45) is 12.0 Å². The Morgan fingerprint density at radius 2 is 1.97 bits per heavy atom. The van der Waals surface area contributed by atoms with E-state index < -0.39 is 0 Å². The number of para-hydroxylation sites is 1. The number of ether oxygens (including phenoxy) is 2. The highest BCUT2D eigenvalue weighted by Crippen LogP contribution is 2.36. The number of methoxy groups -OCH3 is 1. The van der Waals surface area contributed by atoms with Gasteiger partial charge in [0.2, 0.25) is 0 Å². The van der Waals surface area contributed by atoms with Gasteiger partial charge in [-0.2, -0.15) is 0 Å². The van der Waals surface area contributed by atoms with Crippen LogP contribution < -0.4 is 15.0 Å². The van der Waals surface area contributed by atoms with E-state index in [2.05, 4.69) is 11.6 Å². The molecule has 29 heavy (non-hydrogen) atoms. The monoisotopic (exact) mass is 411 g/mol. The Hall–Kier alpha value is -3.25. The molecule has 1 aromatic heterocycles. The third-order valence-electron chi connectivity index (χ3n) is 4.46. The van der Waals surface area contributed by atoms with Gasteiger partial charge in [0.05, 0.1) is 23.5 Å². The molecule has 0 fully saturated rings. The van der Waals surface area contributed by atoms with Crippen LogP contribution in [-0.2, 0) is 7.05 Å². The average molecular weight is 412 g/mol. The Morgan fingerprint density at radius 3 is 2.62 bits per heavy atom. The topological polar surface area (TPSA) is 57.8 Å². The summed E-state index contributed by atoms with van der Waals surface area (Å²) >= 11 is 6.33. The number of halogens is 1. The van der Waals surface area contributed by atoms with Crippen molar-refractivity contribution in [1.29, 1.82) is 0 Å². The summed E-state index contributed by atoms with van der Waals surface area (Å²) in [6, 6.07) is 12.9. The van der Waals surface area contributed by atoms with Crippen LogP contribution in [-0.4, -0.2) is 29.3 Å². The van der Waals surface area contributed by atoms with Gasteiger partial charge in [0.15, 0.2) is 17.2 Å². The molecule has 0 spiro atoms. The molecule has 0 amide bonds. The van der Waals surface area contributed by atoms with Gasteiger partial charge < -0.3 is 9.47 Å². The summed E-state index contributed by atoms with van der Waals surface area (Å²) < 4.78 is 14.3. The van der Waals surface area contributed by atoms with Crippen LogP contribution in [0.15, 0.2) is 64.9 Å². The van der Waals surface area contributed by atoms with Crippen LogP contribution in [0.25, 0.3) is 5.69 Å². The lowest BCUT2D eigenvalue weighted by atomic mass is 10.2. The molecule has 3 aromatic rings. The highest BCUT2D eigenvalue weighted by atomic mass is 35.5. The van der Waals surface area contributed by atoms with Crippen molar-refractivity contribution in [1.82, 2.24) is 9.36 Å². The van der Waals surface area contributed by atoms with E-state index in [0.29, 0.717) is 34.4 Å². The normalized spacial score (nSPS) is 11.0. The quantitative estimate of drug-likeness (QED) is 0.426. The fourth-order valence-electron chi connectivity index (χ4n) is 2.94. The molecule has 0 N–H and O–H groups in total. The number of rotatable bonds is 7. The number of hydrogen-bond acceptors (Lipinski definition) is 4. The summed E-state index contributed by atoms with van der Waals surface area (Å²) in [5.41, 5.74) is 2.37. The Kier molecular flexibility index (Phi) is 6.24. The molecule has 0 atom stereocenters. The SMILES string of the molecule is C=CCOc1c(Cl)cc(C=Nc2c(C)n(C)n(-c3ccccc3)c2=O)cc1OC. The lowest BCUT2D eigenvalue weighted by Gasteiger charge is -2.11. The maximum atomic E-state index is 12.9. The first-order valence-electron chi connectivity index (χ1n) is 8.97. The van der Waals surface area contributed by atoms with E-state index in [1.807, 2.05) is 44.3 Å². The second-order valence-corrected chi connectivity index (χ2v) is 6.71. The molecule has 6 nitrogen and oxygen atoms in total. The molecule has 0 aliphatic heterocycles. The zero-order valence-corrected chi connectivity index (χ0v) is 17.3. The second kappa shape index (κ2) is 8.84. The third kappa shape index (κ3) is 4.12.